The quantitative estimate of drug-likeness (QED) is 0.187. The van der Waals surface area contributed by atoms with Crippen LogP contribution in [0.4, 0.5) is 0 Å². The van der Waals surface area contributed by atoms with Crippen LogP contribution in [0.3, 0.4) is 0 Å². The van der Waals surface area contributed by atoms with E-state index in [9.17, 15) is 10.2 Å². The normalized spacial score (nSPS) is 11.5. The summed E-state index contributed by atoms with van der Waals surface area (Å²) in [6.45, 7) is 0.255. The molecule has 0 spiro atoms. The Balaban J connectivity index is 0.000000136. The Morgan fingerprint density at radius 1 is 0.531 bits per heavy atom. The second kappa shape index (κ2) is 13.4. The minimum absolute atomic E-state index is 0. The van der Waals surface area contributed by atoms with Crippen LogP contribution in [-0.2, 0) is 16.8 Å². The van der Waals surface area contributed by atoms with Crippen molar-refractivity contribution >= 4 is 54.6 Å². The van der Waals surface area contributed by atoms with E-state index in [0.717, 1.165) is 66.5 Å². The van der Waals surface area contributed by atoms with E-state index in [1.54, 1.807) is 36.9 Å². The summed E-state index contributed by atoms with van der Waals surface area (Å²) in [6, 6.07) is 31.4. The van der Waals surface area contributed by atoms with Gasteiger partial charge in [-0.25, -0.2) is 4.98 Å². The number of benzene rings is 4. The molecule has 1 N–H and O–H groups in total. The van der Waals surface area contributed by atoms with Gasteiger partial charge in [0.1, 0.15) is 5.82 Å². The van der Waals surface area contributed by atoms with Gasteiger partial charge in [0, 0.05) is 41.1 Å². The smallest absolute Gasteiger partial charge is 0.871 e. The Morgan fingerprint density at radius 3 is 1.69 bits per heavy atom. The van der Waals surface area contributed by atoms with Gasteiger partial charge in [0.05, 0.1) is 33.1 Å². The fourth-order valence-electron chi connectivity index (χ4n) is 5.68. The van der Waals surface area contributed by atoms with Crippen LogP contribution >= 0.6 is 0 Å². The molecule has 49 heavy (non-hydrogen) atoms. The molecule has 9 aromatic rings. The Kier molecular flexibility index (Phi) is 8.58. The van der Waals surface area contributed by atoms with E-state index in [1.165, 1.54) is 12.1 Å². The van der Waals surface area contributed by atoms with Crippen molar-refractivity contribution in [2.45, 2.75) is 0 Å². The zero-order valence-electron chi connectivity index (χ0n) is 25.5. The van der Waals surface area contributed by atoms with E-state index in [4.69, 9.17) is 14.5 Å². The first-order valence-corrected chi connectivity index (χ1v) is 15.1. The van der Waals surface area contributed by atoms with Crippen LogP contribution < -0.4 is 19.7 Å². The first kappa shape index (κ1) is 31.3. The summed E-state index contributed by atoms with van der Waals surface area (Å²) < 4.78 is 10.9. The van der Waals surface area contributed by atoms with Crippen LogP contribution in [0, 0.1) is 0 Å². The van der Waals surface area contributed by atoms with E-state index in [-0.39, 0.29) is 35.1 Å². The molecule has 239 valence electrons. The van der Waals surface area contributed by atoms with Crippen molar-refractivity contribution in [3.05, 3.63) is 128 Å². The predicted octanol–water partition coefficient (Wildman–Crippen LogP) is 6.67. The number of para-hydroxylation sites is 2. The number of hydrogen-bond donors (Lipinski definition) is 1. The van der Waals surface area contributed by atoms with Gasteiger partial charge in [-0.3, -0.25) is 19.9 Å². The number of rotatable bonds is 1. The van der Waals surface area contributed by atoms with Crippen molar-refractivity contribution in [2.24, 2.45) is 0 Å². The summed E-state index contributed by atoms with van der Waals surface area (Å²) in [4.78, 5) is 25.3. The monoisotopic (exact) mass is 687 g/mol. The van der Waals surface area contributed by atoms with Crippen LogP contribution in [0.2, 0.25) is 0 Å². The second-order valence-corrected chi connectivity index (χ2v) is 10.8. The third-order valence-electron chi connectivity index (χ3n) is 7.91. The molecule has 6 heterocycles. The standard InChI is InChI=1S/C20H12N4O2.2C9H7NO.Co/c1-3-12-16(21-7-1)17-13(4-2-8-22-17)19-18(12)23-20(24-19)11-5-6-14-15(9-11)26-10-25-14;2*11-8-5-1-3-7-4-2-6-10-9(7)8;/h1-9H,10H2,(H,23,24);2*1-6,11H;/q;;;+2/p-2. The van der Waals surface area contributed by atoms with Gasteiger partial charge in [0.25, 0.3) is 0 Å². The minimum Gasteiger partial charge on any atom is -0.871 e. The molecular formula is C38H24CoN6O4. The molecule has 5 aromatic heterocycles. The van der Waals surface area contributed by atoms with Gasteiger partial charge in [-0.2, -0.15) is 0 Å². The summed E-state index contributed by atoms with van der Waals surface area (Å²) in [5.74, 6) is 2.25. The molecule has 1 aliphatic rings. The number of hydrogen-bond acceptors (Lipinski definition) is 9. The van der Waals surface area contributed by atoms with Gasteiger partial charge in [0.2, 0.25) is 6.79 Å². The molecule has 0 amide bonds. The summed E-state index contributed by atoms with van der Waals surface area (Å²) >= 11 is 0. The van der Waals surface area contributed by atoms with Gasteiger partial charge in [0.15, 0.2) is 11.5 Å². The fraction of sp³-hybridized carbons (Fsp3) is 0.0263. The topological polar surface area (TPSA) is 145 Å². The van der Waals surface area contributed by atoms with Crippen molar-refractivity contribution in [1.29, 1.82) is 0 Å². The number of fused-ring (bicyclic) bond motifs is 9. The van der Waals surface area contributed by atoms with E-state index in [1.807, 2.05) is 78.9 Å². The predicted molar refractivity (Wildman–Crippen MR) is 181 cm³/mol. The van der Waals surface area contributed by atoms with Crippen LogP contribution in [0.25, 0.3) is 66.0 Å². The maximum absolute atomic E-state index is 11.1. The number of pyridine rings is 4. The molecule has 0 atom stereocenters. The third kappa shape index (κ3) is 5.99. The average Bonchev–Trinajstić information content (AvgIpc) is 3.81. The summed E-state index contributed by atoms with van der Waals surface area (Å²) in [5, 5.41) is 26.0. The molecule has 0 saturated heterocycles. The average molecular weight is 688 g/mol. The molecular weight excluding hydrogens is 663 g/mol. The largest absolute Gasteiger partial charge is 2.00 e. The van der Waals surface area contributed by atoms with Crippen molar-refractivity contribution in [3.63, 3.8) is 0 Å². The Labute approximate surface area is 289 Å². The number of H-pyrrole nitrogens is 1. The first-order chi connectivity index (χ1) is 23.6. The molecule has 1 radical (unpaired) electrons. The zero-order chi connectivity index (χ0) is 32.5. The first-order valence-electron chi connectivity index (χ1n) is 15.1. The van der Waals surface area contributed by atoms with E-state index < -0.39 is 0 Å². The number of imidazole rings is 1. The zero-order valence-corrected chi connectivity index (χ0v) is 26.6. The molecule has 1 aliphatic heterocycles. The second-order valence-electron chi connectivity index (χ2n) is 10.8. The molecule has 0 unspecified atom stereocenters. The van der Waals surface area contributed by atoms with Gasteiger partial charge < -0.3 is 24.7 Å². The van der Waals surface area contributed by atoms with E-state index in [2.05, 4.69) is 24.9 Å². The molecule has 11 heteroatoms. The molecule has 0 saturated carbocycles. The van der Waals surface area contributed by atoms with Crippen molar-refractivity contribution in [3.8, 4) is 34.4 Å². The summed E-state index contributed by atoms with van der Waals surface area (Å²) in [6.07, 6.45) is 6.83. The molecule has 4 aromatic carbocycles. The van der Waals surface area contributed by atoms with Gasteiger partial charge >= 0.3 is 16.8 Å². The van der Waals surface area contributed by atoms with Crippen molar-refractivity contribution in [2.75, 3.05) is 6.79 Å². The fourth-order valence-corrected chi connectivity index (χ4v) is 5.68. The van der Waals surface area contributed by atoms with Crippen LogP contribution in [0.1, 0.15) is 0 Å². The van der Waals surface area contributed by atoms with Gasteiger partial charge in [-0.05, 0) is 65.4 Å². The van der Waals surface area contributed by atoms with Crippen molar-refractivity contribution < 1.29 is 36.5 Å². The Hall–Kier alpha value is -6.30. The number of ether oxygens (including phenoxy) is 2. The van der Waals surface area contributed by atoms with Gasteiger partial charge in [-0.1, -0.05) is 60.0 Å². The molecule has 10 nitrogen and oxygen atoms in total. The molecule has 0 fully saturated rings. The number of nitrogens with zero attached hydrogens (tertiary/aromatic N) is 5. The molecule has 0 bridgehead atoms. The maximum atomic E-state index is 11.1. The summed E-state index contributed by atoms with van der Waals surface area (Å²) in [7, 11) is 0. The Morgan fingerprint density at radius 2 is 1.06 bits per heavy atom. The van der Waals surface area contributed by atoms with E-state index in [0.29, 0.717) is 11.0 Å². The van der Waals surface area contributed by atoms with Crippen LogP contribution in [0.5, 0.6) is 23.0 Å². The number of aromatic amines is 1. The number of nitrogens with one attached hydrogen (secondary N) is 1. The van der Waals surface area contributed by atoms with E-state index >= 15 is 0 Å². The summed E-state index contributed by atoms with van der Waals surface area (Å²) in [5.41, 5.74) is 5.63. The maximum Gasteiger partial charge on any atom is 2.00 e. The van der Waals surface area contributed by atoms with Crippen LogP contribution in [0.15, 0.2) is 128 Å². The van der Waals surface area contributed by atoms with Gasteiger partial charge in [-0.15, -0.1) is 0 Å². The SMILES string of the molecule is [Co+2].[O-]c1cccc2cccnc12.[O-]c1cccc2cccnc12.c1cnc2c(c1)c1nc(-c3ccc4c(c3)OCO4)[nH]c1c1cccnc12. The minimum atomic E-state index is -0.0110. The molecule has 10 rings (SSSR count). The third-order valence-corrected chi connectivity index (χ3v) is 7.91. The Bertz CT molecular complexity index is 2450. The van der Waals surface area contributed by atoms with Crippen LogP contribution in [-0.4, -0.2) is 36.7 Å². The van der Waals surface area contributed by atoms with Crippen molar-refractivity contribution in [1.82, 2.24) is 29.9 Å². The number of aromatic nitrogens is 6. The molecule has 0 aliphatic carbocycles.